The van der Waals surface area contributed by atoms with E-state index in [4.69, 9.17) is 0 Å². The average Bonchev–Trinajstić information content (AvgIpc) is 2.37. The second-order valence-electron chi connectivity index (χ2n) is 5.76. The van der Waals surface area contributed by atoms with Crippen molar-refractivity contribution in [2.24, 2.45) is 5.92 Å². The standard InChI is InChI=1S/C14H28N2O2/c1-10(2)16(4)14(18)11(3)15-13-8-6-5-7-12(13)9-17/h10-13,15,17H,5-9H2,1-4H3/t11-,12-,13+/m1/s1. The Bertz CT molecular complexity index is 269. The molecule has 0 bridgehead atoms. The Morgan fingerprint density at radius 1 is 1.33 bits per heavy atom. The first-order chi connectivity index (χ1) is 8.47. The van der Waals surface area contributed by atoms with Crippen LogP contribution in [0.2, 0.25) is 0 Å². The Labute approximate surface area is 111 Å². The van der Waals surface area contributed by atoms with Crippen molar-refractivity contribution in [1.82, 2.24) is 10.2 Å². The molecule has 1 fully saturated rings. The van der Waals surface area contributed by atoms with Gasteiger partial charge in [-0.1, -0.05) is 12.8 Å². The van der Waals surface area contributed by atoms with Gasteiger partial charge in [-0.05, 0) is 39.5 Å². The highest BCUT2D eigenvalue weighted by molar-refractivity contribution is 5.81. The second-order valence-corrected chi connectivity index (χ2v) is 5.76. The van der Waals surface area contributed by atoms with Gasteiger partial charge in [-0.25, -0.2) is 0 Å². The van der Waals surface area contributed by atoms with Crippen molar-refractivity contribution in [3.63, 3.8) is 0 Å². The SMILES string of the molecule is CC(C)N(C)C(=O)[C@@H](C)N[C@H]1CCCC[C@@H]1CO. The second kappa shape index (κ2) is 7.10. The Hall–Kier alpha value is -0.610. The van der Waals surface area contributed by atoms with Gasteiger partial charge in [0.25, 0.3) is 0 Å². The van der Waals surface area contributed by atoms with E-state index in [-0.39, 0.29) is 30.6 Å². The topological polar surface area (TPSA) is 52.6 Å². The molecule has 0 radical (unpaired) electrons. The first kappa shape index (κ1) is 15.4. The summed E-state index contributed by atoms with van der Waals surface area (Å²) in [6.45, 7) is 6.17. The van der Waals surface area contributed by atoms with E-state index in [0.717, 1.165) is 12.8 Å². The highest BCUT2D eigenvalue weighted by atomic mass is 16.3. The van der Waals surface area contributed by atoms with Crippen LogP contribution in [-0.4, -0.2) is 47.7 Å². The molecular formula is C14H28N2O2. The summed E-state index contributed by atoms with van der Waals surface area (Å²) in [5, 5.41) is 12.8. The number of aliphatic hydroxyl groups is 1. The van der Waals surface area contributed by atoms with Crippen LogP contribution in [0.1, 0.15) is 46.5 Å². The third-order valence-electron chi connectivity index (χ3n) is 4.10. The minimum absolute atomic E-state index is 0.132. The summed E-state index contributed by atoms with van der Waals surface area (Å²) >= 11 is 0. The summed E-state index contributed by atoms with van der Waals surface area (Å²) in [6.07, 6.45) is 4.51. The molecule has 2 N–H and O–H groups in total. The maximum atomic E-state index is 12.2. The number of carbonyl (C=O) groups excluding carboxylic acids is 1. The van der Waals surface area contributed by atoms with Gasteiger partial charge < -0.3 is 15.3 Å². The fourth-order valence-corrected chi connectivity index (χ4v) is 2.60. The third kappa shape index (κ3) is 3.95. The van der Waals surface area contributed by atoms with Crippen molar-refractivity contribution in [2.75, 3.05) is 13.7 Å². The predicted molar refractivity (Wildman–Crippen MR) is 73.3 cm³/mol. The van der Waals surface area contributed by atoms with Gasteiger partial charge in [0, 0.05) is 25.7 Å². The van der Waals surface area contributed by atoms with E-state index < -0.39 is 0 Å². The molecule has 0 unspecified atom stereocenters. The summed E-state index contributed by atoms with van der Waals surface area (Å²) in [5.41, 5.74) is 0. The molecule has 0 aromatic rings. The van der Waals surface area contributed by atoms with Gasteiger partial charge in [-0.2, -0.15) is 0 Å². The van der Waals surface area contributed by atoms with Gasteiger partial charge in [0.05, 0.1) is 6.04 Å². The zero-order valence-corrected chi connectivity index (χ0v) is 12.1. The molecule has 106 valence electrons. The normalized spacial score (nSPS) is 26.1. The van der Waals surface area contributed by atoms with Crippen LogP contribution < -0.4 is 5.32 Å². The van der Waals surface area contributed by atoms with Gasteiger partial charge in [0.2, 0.25) is 5.91 Å². The molecule has 1 amide bonds. The smallest absolute Gasteiger partial charge is 0.239 e. The minimum atomic E-state index is -0.172. The molecular weight excluding hydrogens is 228 g/mol. The molecule has 0 spiro atoms. The average molecular weight is 256 g/mol. The fourth-order valence-electron chi connectivity index (χ4n) is 2.60. The van der Waals surface area contributed by atoms with E-state index in [9.17, 15) is 9.90 Å². The summed E-state index contributed by atoms with van der Waals surface area (Å²) < 4.78 is 0. The number of likely N-dealkylation sites (N-methyl/N-ethyl adjacent to an activating group) is 1. The van der Waals surface area contributed by atoms with Crippen LogP contribution >= 0.6 is 0 Å². The number of amides is 1. The van der Waals surface area contributed by atoms with Crippen molar-refractivity contribution in [3.05, 3.63) is 0 Å². The fraction of sp³-hybridized carbons (Fsp3) is 0.929. The van der Waals surface area contributed by atoms with Crippen molar-refractivity contribution >= 4 is 5.91 Å². The molecule has 0 aromatic carbocycles. The largest absolute Gasteiger partial charge is 0.396 e. The maximum Gasteiger partial charge on any atom is 0.239 e. The van der Waals surface area contributed by atoms with E-state index in [0.29, 0.717) is 5.92 Å². The van der Waals surface area contributed by atoms with Crippen molar-refractivity contribution in [3.8, 4) is 0 Å². The van der Waals surface area contributed by atoms with E-state index in [1.54, 1.807) is 4.90 Å². The van der Waals surface area contributed by atoms with E-state index in [2.05, 4.69) is 5.32 Å². The van der Waals surface area contributed by atoms with Crippen LogP contribution in [0.15, 0.2) is 0 Å². The van der Waals surface area contributed by atoms with Crippen LogP contribution in [0.5, 0.6) is 0 Å². The molecule has 1 saturated carbocycles. The Morgan fingerprint density at radius 3 is 2.50 bits per heavy atom. The zero-order valence-electron chi connectivity index (χ0n) is 12.1. The van der Waals surface area contributed by atoms with Gasteiger partial charge in [0.15, 0.2) is 0 Å². The summed E-state index contributed by atoms with van der Waals surface area (Å²) in [7, 11) is 1.84. The van der Waals surface area contributed by atoms with Gasteiger partial charge in [0.1, 0.15) is 0 Å². The van der Waals surface area contributed by atoms with Crippen molar-refractivity contribution < 1.29 is 9.90 Å². The monoisotopic (exact) mass is 256 g/mol. The van der Waals surface area contributed by atoms with Crippen molar-refractivity contribution in [1.29, 1.82) is 0 Å². The Kier molecular flexibility index (Phi) is 6.09. The first-order valence-electron chi connectivity index (χ1n) is 7.11. The highest BCUT2D eigenvalue weighted by Gasteiger charge is 2.28. The van der Waals surface area contributed by atoms with Crippen LogP contribution in [0.25, 0.3) is 0 Å². The number of rotatable bonds is 5. The number of nitrogens with one attached hydrogen (secondary N) is 1. The number of nitrogens with zero attached hydrogens (tertiary/aromatic N) is 1. The lowest BCUT2D eigenvalue weighted by atomic mass is 9.84. The molecule has 3 atom stereocenters. The lowest BCUT2D eigenvalue weighted by Gasteiger charge is -2.34. The molecule has 0 heterocycles. The quantitative estimate of drug-likeness (QED) is 0.781. The molecule has 1 aliphatic rings. The van der Waals surface area contributed by atoms with Crippen molar-refractivity contribution in [2.45, 2.75) is 64.6 Å². The number of aliphatic hydroxyl groups excluding tert-OH is 1. The highest BCUT2D eigenvalue weighted by Crippen LogP contribution is 2.24. The molecule has 0 saturated heterocycles. The summed E-state index contributed by atoms with van der Waals surface area (Å²) in [4.78, 5) is 13.9. The molecule has 18 heavy (non-hydrogen) atoms. The van der Waals surface area contributed by atoms with Gasteiger partial charge in [-0.15, -0.1) is 0 Å². The summed E-state index contributed by atoms with van der Waals surface area (Å²) in [5.74, 6) is 0.436. The number of hydrogen-bond donors (Lipinski definition) is 2. The lowest BCUT2D eigenvalue weighted by molar-refractivity contribution is -0.133. The Morgan fingerprint density at radius 2 is 1.94 bits per heavy atom. The zero-order chi connectivity index (χ0) is 13.7. The number of hydrogen-bond acceptors (Lipinski definition) is 3. The van der Waals surface area contributed by atoms with Gasteiger partial charge >= 0.3 is 0 Å². The van der Waals surface area contributed by atoms with Crippen LogP contribution in [-0.2, 0) is 4.79 Å². The van der Waals surface area contributed by atoms with Crippen LogP contribution in [0.3, 0.4) is 0 Å². The van der Waals surface area contributed by atoms with Gasteiger partial charge in [-0.3, -0.25) is 4.79 Å². The molecule has 1 aliphatic carbocycles. The van der Waals surface area contributed by atoms with E-state index in [1.807, 2.05) is 27.8 Å². The van der Waals surface area contributed by atoms with Crippen LogP contribution in [0.4, 0.5) is 0 Å². The summed E-state index contributed by atoms with van der Waals surface area (Å²) in [6, 6.07) is 0.333. The minimum Gasteiger partial charge on any atom is -0.396 e. The molecule has 0 aromatic heterocycles. The van der Waals surface area contributed by atoms with E-state index >= 15 is 0 Å². The number of carbonyl (C=O) groups is 1. The third-order valence-corrected chi connectivity index (χ3v) is 4.10. The first-order valence-corrected chi connectivity index (χ1v) is 7.11. The van der Waals surface area contributed by atoms with Crippen LogP contribution in [0, 0.1) is 5.92 Å². The predicted octanol–water partition coefficient (Wildman–Crippen LogP) is 1.38. The molecule has 4 nitrogen and oxygen atoms in total. The Balaban J connectivity index is 2.52. The van der Waals surface area contributed by atoms with E-state index in [1.165, 1.54) is 12.8 Å². The molecule has 4 heteroatoms. The molecule has 0 aliphatic heterocycles. The molecule has 1 rings (SSSR count). The lowest BCUT2D eigenvalue weighted by Crippen LogP contribution is -2.52. The maximum absolute atomic E-state index is 12.2.